The quantitative estimate of drug-likeness (QED) is 0.855. The smallest absolute Gasteiger partial charge is 0.267 e. The molecule has 6 heteroatoms. The van der Waals surface area contributed by atoms with Crippen LogP contribution in [-0.4, -0.2) is 27.8 Å². The minimum atomic E-state index is -0.545. The van der Waals surface area contributed by atoms with Gasteiger partial charge in [-0.2, -0.15) is 5.10 Å². The lowest BCUT2D eigenvalue weighted by molar-refractivity contribution is 0.0762. The van der Waals surface area contributed by atoms with E-state index in [1.165, 1.54) is 12.1 Å². The van der Waals surface area contributed by atoms with Crippen molar-refractivity contribution >= 4 is 0 Å². The van der Waals surface area contributed by atoms with E-state index in [-0.39, 0.29) is 5.56 Å². The third-order valence-corrected chi connectivity index (χ3v) is 5.07. The van der Waals surface area contributed by atoms with Gasteiger partial charge in [-0.15, -0.1) is 0 Å². The third kappa shape index (κ3) is 3.63. The number of aromatic nitrogens is 2. The number of aryl methyl sites for hydroxylation is 2. The summed E-state index contributed by atoms with van der Waals surface area (Å²) in [5, 5.41) is 4.55. The van der Waals surface area contributed by atoms with E-state index in [4.69, 9.17) is 0 Å². The normalized spacial score (nSPS) is 18.0. The second-order valence-corrected chi connectivity index (χ2v) is 7.18. The van der Waals surface area contributed by atoms with E-state index in [0.717, 1.165) is 56.1 Å². The first-order valence-electron chi connectivity index (χ1n) is 8.84. The Bertz CT molecular complexity index is 823. The van der Waals surface area contributed by atoms with Crippen LogP contribution in [0.25, 0.3) is 0 Å². The molecular weight excluding hydrogens is 324 g/mol. The van der Waals surface area contributed by atoms with E-state index >= 15 is 0 Å². The fraction of sp³-hybridized carbons (Fsp3) is 0.474. The fourth-order valence-corrected chi connectivity index (χ4v) is 3.86. The number of nitrogens with zero attached hydrogens (tertiary/aromatic N) is 3. The first-order valence-corrected chi connectivity index (χ1v) is 8.84. The maximum Gasteiger partial charge on any atom is 0.267 e. The monoisotopic (exact) mass is 345 g/mol. The van der Waals surface area contributed by atoms with Gasteiger partial charge in [-0.05, 0) is 48.9 Å². The highest BCUT2D eigenvalue weighted by Gasteiger charge is 2.28. The number of hydrogen-bond donors (Lipinski definition) is 0. The van der Waals surface area contributed by atoms with Gasteiger partial charge >= 0.3 is 0 Å². The molecule has 1 aliphatic carbocycles. The van der Waals surface area contributed by atoms with Crippen LogP contribution in [0, 0.1) is 17.6 Å². The number of rotatable bonds is 4. The Morgan fingerprint density at radius 3 is 2.52 bits per heavy atom. The summed E-state index contributed by atoms with van der Waals surface area (Å²) in [5.41, 5.74) is 2.79. The van der Waals surface area contributed by atoms with Crippen LogP contribution in [-0.2, 0) is 25.9 Å². The highest BCUT2D eigenvalue weighted by Crippen LogP contribution is 2.22. The molecule has 2 aliphatic rings. The van der Waals surface area contributed by atoms with Crippen molar-refractivity contribution < 1.29 is 8.78 Å². The summed E-state index contributed by atoms with van der Waals surface area (Å²) in [5.74, 6) is -0.737. The Morgan fingerprint density at radius 2 is 1.76 bits per heavy atom. The second kappa shape index (κ2) is 6.67. The van der Waals surface area contributed by atoms with Crippen LogP contribution in [0.4, 0.5) is 8.78 Å². The van der Waals surface area contributed by atoms with Crippen molar-refractivity contribution in [3.8, 4) is 0 Å². The molecule has 132 valence electrons. The number of hydrogen-bond acceptors (Lipinski definition) is 3. The molecule has 0 unspecified atom stereocenters. The van der Waals surface area contributed by atoms with Crippen molar-refractivity contribution in [1.29, 1.82) is 0 Å². The summed E-state index contributed by atoms with van der Waals surface area (Å²) in [7, 11) is 0. The summed E-state index contributed by atoms with van der Waals surface area (Å²) in [6.45, 7) is 2.75. The molecule has 0 bridgehead atoms. The van der Waals surface area contributed by atoms with Crippen LogP contribution in [0.3, 0.4) is 0 Å². The zero-order valence-corrected chi connectivity index (χ0v) is 14.0. The molecule has 1 saturated heterocycles. The molecule has 0 saturated carbocycles. The van der Waals surface area contributed by atoms with E-state index in [9.17, 15) is 13.6 Å². The first kappa shape index (κ1) is 16.4. The van der Waals surface area contributed by atoms with Crippen molar-refractivity contribution in [3.05, 3.63) is 63.1 Å². The maximum atomic E-state index is 13.2. The van der Waals surface area contributed by atoms with Crippen LogP contribution in [0.5, 0.6) is 0 Å². The molecule has 1 aromatic heterocycles. The Morgan fingerprint density at radius 1 is 1.04 bits per heavy atom. The lowest BCUT2D eigenvalue weighted by Gasteiger charge is -2.39. The molecule has 2 heterocycles. The van der Waals surface area contributed by atoms with Crippen molar-refractivity contribution in [2.45, 2.75) is 38.8 Å². The molecule has 0 N–H and O–H groups in total. The molecule has 2 aromatic rings. The molecule has 0 atom stereocenters. The highest BCUT2D eigenvalue weighted by molar-refractivity contribution is 5.20. The average Bonchev–Trinajstić information content (AvgIpc) is 2.52. The van der Waals surface area contributed by atoms with Crippen molar-refractivity contribution in [2.75, 3.05) is 13.1 Å². The van der Waals surface area contributed by atoms with Gasteiger partial charge in [0, 0.05) is 37.7 Å². The van der Waals surface area contributed by atoms with Gasteiger partial charge in [-0.25, -0.2) is 13.5 Å². The Hall–Kier alpha value is -2.08. The first-order chi connectivity index (χ1) is 12.1. The van der Waals surface area contributed by atoms with Gasteiger partial charge in [-0.3, -0.25) is 9.69 Å². The number of likely N-dealkylation sites (tertiary alicyclic amines) is 1. The minimum Gasteiger partial charge on any atom is -0.298 e. The maximum absolute atomic E-state index is 13.2. The van der Waals surface area contributed by atoms with E-state index in [0.29, 0.717) is 24.6 Å². The van der Waals surface area contributed by atoms with Crippen LogP contribution < -0.4 is 5.56 Å². The predicted molar refractivity (Wildman–Crippen MR) is 90.3 cm³/mol. The number of halogens is 2. The van der Waals surface area contributed by atoms with Crippen molar-refractivity contribution in [2.24, 2.45) is 5.92 Å². The summed E-state index contributed by atoms with van der Waals surface area (Å²) >= 11 is 0. The SMILES string of the molecule is O=c1cc2c(nn1CC1CN(Cc3cc(F)cc(F)c3)C1)CCCC2. The highest BCUT2D eigenvalue weighted by atomic mass is 19.1. The third-order valence-electron chi connectivity index (χ3n) is 5.07. The molecule has 1 aromatic carbocycles. The molecule has 4 rings (SSSR count). The van der Waals surface area contributed by atoms with Gasteiger partial charge in [-0.1, -0.05) is 0 Å². The van der Waals surface area contributed by atoms with E-state index in [1.807, 2.05) is 0 Å². The van der Waals surface area contributed by atoms with Crippen molar-refractivity contribution in [1.82, 2.24) is 14.7 Å². The standard InChI is InChI=1S/C19H21F2N3O/c20-16-5-13(6-17(21)8-16)9-23-10-14(11-23)12-24-19(25)7-15-3-1-2-4-18(15)22-24/h5-8,14H,1-4,9-12H2. The fourth-order valence-electron chi connectivity index (χ4n) is 3.86. The molecule has 0 amide bonds. The number of fused-ring (bicyclic) bond motifs is 1. The molecule has 1 aliphatic heterocycles. The Kier molecular flexibility index (Phi) is 4.37. The zero-order chi connectivity index (χ0) is 17.4. The molecule has 0 spiro atoms. The molecule has 4 nitrogen and oxygen atoms in total. The van der Waals surface area contributed by atoms with E-state index < -0.39 is 11.6 Å². The van der Waals surface area contributed by atoms with Gasteiger partial charge in [0.1, 0.15) is 11.6 Å². The molecule has 1 fully saturated rings. The van der Waals surface area contributed by atoms with E-state index in [2.05, 4.69) is 10.00 Å². The summed E-state index contributed by atoms with van der Waals surface area (Å²) < 4.78 is 28.1. The Balaban J connectivity index is 1.36. The largest absolute Gasteiger partial charge is 0.298 e. The van der Waals surface area contributed by atoms with Gasteiger partial charge < -0.3 is 0 Å². The summed E-state index contributed by atoms with van der Waals surface area (Å²) in [4.78, 5) is 14.3. The number of benzene rings is 1. The average molecular weight is 345 g/mol. The van der Waals surface area contributed by atoms with Crippen LogP contribution in [0.2, 0.25) is 0 Å². The van der Waals surface area contributed by atoms with Gasteiger partial charge in [0.05, 0.1) is 12.2 Å². The summed E-state index contributed by atoms with van der Waals surface area (Å²) in [6.07, 6.45) is 4.19. The molecular formula is C19H21F2N3O. The molecule has 0 radical (unpaired) electrons. The second-order valence-electron chi connectivity index (χ2n) is 7.18. The van der Waals surface area contributed by atoms with Crippen molar-refractivity contribution in [3.63, 3.8) is 0 Å². The van der Waals surface area contributed by atoms with Crippen LogP contribution in [0.1, 0.15) is 29.7 Å². The summed E-state index contributed by atoms with van der Waals surface area (Å²) in [6, 6.07) is 5.36. The van der Waals surface area contributed by atoms with E-state index in [1.54, 1.807) is 10.7 Å². The van der Waals surface area contributed by atoms with Gasteiger partial charge in [0.15, 0.2) is 0 Å². The van der Waals surface area contributed by atoms with Gasteiger partial charge in [0.25, 0.3) is 5.56 Å². The lowest BCUT2D eigenvalue weighted by atomic mass is 9.96. The zero-order valence-electron chi connectivity index (χ0n) is 14.0. The van der Waals surface area contributed by atoms with Gasteiger partial charge in [0.2, 0.25) is 0 Å². The Labute approximate surface area is 145 Å². The molecule has 25 heavy (non-hydrogen) atoms. The topological polar surface area (TPSA) is 38.1 Å². The minimum absolute atomic E-state index is 0.0219. The predicted octanol–water partition coefficient (Wildman–Crippen LogP) is 2.53. The van der Waals surface area contributed by atoms with Crippen LogP contribution >= 0.6 is 0 Å². The van der Waals surface area contributed by atoms with Crippen LogP contribution in [0.15, 0.2) is 29.1 Å². The lowest BCUT2D eigenvalue weighted by Crippen LogP contribution is -2.49.